The third kappa shape index (κ3) is 7.64. The van der Waals surface area contributed by atoms with E-state index in [1.807, 2.05) is 6.92 Å². The van der Waals surface area contributed by atoms with Crippen molar-refractivity contribution in [3.05, 3.63) is 0 Å². The van der Waals surface area contributed by atoms with Gasteiger partial charge in [0.05, 0.1) is 12.2 Å². The normalized spacial score (nSPS) is 26.2. The molecule has 1 aliphatic heterocycles. The number of unbranched alkanes of at least 4 members (excludes halogenated alkanes) is 8. The van der Waals surface area contributed by atoms with Gasteiger partial charge in [0.1, 0.15) is 0 Å². The molecule has 0 bridgehead atoms. The molecule has 1 aliphatic rings. The first kappa shape index (κ1) is 18.0. The van der Waals surface area contributed by atoms with Crippen molar-refractivity contribution in [3.8, 4) is 0 Å². The van der Waals surface area contributed by atoms with E-state index in [-0.39, 0.29) is 6.29 Å². The van der Waals surface area contributed by atoms with E-state index >= 15 is 0 Å². The zero-order chi connectivity index (χ0) is 14.6. The van der Waals surface area contributed by atoms with Crippen molar-refractivity contribution in [1.82, 2.24) is 0 Å². The van der Waals surface area contributed by atoms with Crippen LogP contribution in [0.15, 0.2) is 0 Å². The minimum Gasteiger partial charge on any atom is -0.347 e. The maximum absolute atomic E-state index is 5.94. The molecule has 1 rings (SSSR count). The molecule has 0 spiro atoms. The Kier molecular flexibility index (Phi) is 10.4. The molecule has 120 valence electrons. The second-order valence-electron chi connectivity index (χ2n) is 6.32. The summed E-state index contributed by atoms with van der Waals surface area (Å²) in [5, 5.41) is 0. The van der Waals surface area contributed by atoms with Crippen LogP contribution in [-0.4, -0.2) is 18.5 Å². The maximum atomic E-state index is 5.94. The Hall–Kier alpha value is -0.0800. The van der Waals surface area contributed by atoms with Gasteiger partial charge in [-0.25, -0.2) is 0 Å². The third-order valence-electron chi connectivity index (χ3n) is 4.33. The highest BCUT2D eigenvalue weighted by molar-refractivity contribution is 4.76. The van der Waals surface area contributed by atoms with Crippen LogP contribution in [0.2, 0.25) is 0 Å². The predicted molar refractivity (Wildman–Crippen MR) is 86.0 cm³/mol. The predicted octanol–water partition coefficient (Wildman–Crippen LogP) is 5.84. The molecule has 0 aliphatic carbocycles. The van der Waals surface area contributed by atoms with Crippen LogP contribution in [0.1, 0.15) is 97.8 Å². The van der Waals surface area contributed by atoms with Gasteiger partial charge in [0, 0.05) is 0 Å². The average Bonchev–Trinajstić information content (AvgIpc) is 2.79. The Balaban J connectivity index is 2.10. The van der Waals surface area contributed by atoms with Crippen molar-refractivity contribution in [2.45, 2.75) is 116 Å². The Morgan fingerprint density at radius 1 is 0.600 bits per heavy atom. The fourth-order valence-corrected chi connectivity index (χ4v) is 3.11. The van der Waals surface area contributed by atoms with E-state index in [2.05, 4.69) is 13.8 Å². The summed E-state index contributed by atoms with van der Waals surface area (Å²) in [6, 6.07) is 0. The van der Waals surface area contributed by atoms with Gasteiger partial charge in [-0.15, -0.1) is 0 Å². The molecule has 0 saturated carbocycles. The largest absolute Gasteiger partial charge is 0.347 e. The van der Waals surface area contributed by atoms with Crippen molar-refractivity contribution in [1.29, 1.82) is 0 Å². The van der Waals surface area contributed by atoms with Crippen LogP contribution in [0.25, 0.3) is 0 Å². The van der Waals surface area contributed by atoms with E-state index in [1.54, 1.807) is 0 Å². The summed E-state index contributed by atoms with van der Waals surface area (Å²) in [6.45, 7) is 6.58. The minimum atomic E-state index is 0.0104. The summed E-state index contributed by atoms with van der Waals surface area (Å²) >= 11 is 0. The van der Waals surface area contributed by atoms with E-state index in [1.165, 1.54) is 77.0 Å². The second kappa shape index (κ2) is 11.6. The smallest absolute Gasteiger partial charge is 0.155 e. The fraction of sp³-hybridized carbons (Fsp3) is 1.00. The average molecular weight is 284 g/mol. The molecule has 0 N–H and O–H groups in total. The van der Waals surface area contributed by atoms with Crippen LogP contribution in [0.5, 0.6) is 0 Å². The molecule has 2 nitrogen and oxygen atoms in total. The monoisotopic (exact) mass is 284 g/mol. The lowest BCUT2D eigenvalue weighted by Gasteiger charge is -2.16. The third-order valence-corrected chi connectivity index (χ3v) is 4.33. The summed E-state index contributed by atoms with van der Waals surface area (Å²) in [6.07, 6.45) is 16.6. The molecule has 20 heavy (non-hydrogen) atoms. The highest BCUT2D eigenvalue weighted by Gasteiger charge is 2.32. The van der Waals surface area contributed by atoms with Crippen LogP contribution in [-0.2, 0) is 9.47 Å². The maximum Gasteiger partial charge on any atom is 0.155 e. The van der Waals surface area contributed by atoms with Gasteiger partial charge in [-0.1, -0.05) is 78.1 Å². The SMILES string of the molecule is CCCCCCCCC1OC(C)OC1CCCCCC. The number of hydrogen-bond acceptors (Lipinski definition) is 2. The van der Waals surface area contributed by atoms with Gasteiger partial charge in [0.25, 0.3) is 0 Å². The first-order valence-electron chi connectivity index (χ1n) is 9.08. The van der Waals surface area contributed by atoms with Crippen LogP contribution >= 0.6 is 0 Å². The van der Waals surface area contributed by atoms with Crippen LogP contribution in [0.3, 0.4) is 0 Å². The number of rotatable bonds is 12. The summed E-state index contributed by atoms with van der Waals surface area (Å²) < 4.78 is 11.9. The topological polar surface area (TPSA) is 18.5 Å². The van der Waals surface area contributed by atoms with Gasteiger partial charge < -0.3 is 9.47 Å². The second-order valence-corrected chi connectivity index (χ2v) is 6.32. The zero-order valence-corrected chi connectivity index (χ0v) is 14.0. The lowest BCUT2D eigenvalue weighted by molar-refractivity contribution is -0.0524. The Morgan fingerprint density at radius 2 is 1.00 bits per heavy atom. The van der Waals surface area contributed by atoms with Crippen LogP contribution in [0.4, 0.5) is 0 Å². The molecule has 3 unspecified atom stereocenters. The molecule has 3 atom stereocenters. The molecule has 0 aromatic rings. The lowest BCUT2D eigenvalue weighted by atomic mass is 10.00. The van der Waals surface area contributed by atoms with Crippen LogP contribution in [0, 0.1) is 0 Å². The molecule has 0 aromatic carbocycles. The molecule has 1 saturated heterocycles. The summed E-state index contributed by atoms with van der Waals surface area (Å²) in [5.41, 5.74) is 0. The standard InChI is InChI=1S/C18H36O2/c1-4-6-8-10-11-13-15-18-17(19-16(3)20-18)14-12-9-7-5-2/h16-18H,4-15H2,1-3H3. The Morgan fingerprint density at radius 3 is 1.50 bits per heavy atom. The first-order valence-corrected chi connectivity index (χ1v) is 9.08. The number of ether oxygens (including phenoxy) is 2. The highest BCUT2D eigenvalue weighted by Crippen LogP contribution is 2.27. The highest BCUT2D eigenvalue weighted by atomic mass is 16.7. The van der Waals surface area contributed by atoms with Crippen molar-refractivity contribution >= 4 is 0 Å². The summed E-state index contributed by atoms with van der Waals surface area (Å²) in [5.74, 6) is 0. The molecule has 1 heterocycles. The molecular formula is C18H36O2. The van der Waals surface area contributed by atoms with Gasteiger partial charge in [0.15, 0.2) is 6.29 Å². The molecule has 0 amide bonds. The van der Waals surface area contributed by atoms with E-state index in [0.29, 0.717) is 12.2 Å². The zero-order valence-electron chi connectivity index (χ0n) is 14.0. The lowest BCUT2D eigenvalue weighted by Crippen LogP contribution is -2.22. The molecule has 0 radical (unpaired) electrons. The molecule has 0 aromatic heterocycles. The van der Waals surface area contributed by atoms with Gasteiger partial charge in [-0.2, -0.15) is 0 Å². The Labute approximate surface area is 126 Å². The summed E-state index contributed by atoms with van der Waals surface area (Å²) in [7, 11) is 0. The minimum absolute atomic E-state index is 0.0104. The molecule has 1 fully saturated rings. The van der Waals surface area contributed by atoms with E-state index < -0.39 is 0 Å². The van der Waals surface area contributed by atoms with Crippen molar-refractivity contribution in [2.24, 2.45) is 0 Å². The van der Waals surface area contributed by atoms with Crippen molar-refractivity contribution in [2.75, 3.05) is 0 Å². The first-order chi connectivity index (χ1) is 9.77. The van der Waals surface area contributed by atoms with E-state index in [9.17, 15) is 0 Å². The Bertz CT molecular complexity index is 217. The number of hydrogen-bond donors (Lipinski definition) is 0. The summed E-state index contributed by atoms with van der Waals surface area (Å²) in [4.78, 5) is 0. The van der Waals surface area contributed by atoms with Gasteiger partial charge in [0.2, 0.25) is 0 Å². The van der Waals surface area contributed by atoms with Crippen molar-refractivity contribution in [3.63, 3.8) is 0 Å². The van der Waals surface area contributed by atoms with Crippen molar-refractivity contribution < 1.29 is 9.47 Å². The molecule has 2 heteroatoms. The quantitative estimate of drug-likeness (QED) is 0.419. The molecular weight excluding hydrogens is 248 g/mol. The fourth-order valence-electron chi connectivity index (χ4n) is 3.11. The van der Waals surface area contributed by atoms with Gasteiger partial charge >= 0.3 is 0 Å². The van der Waals surface area contributed by atoms with E-state index in [0.717, 1.165) is 0 Å². The van der Waals surface area contributed by atoms with E-state index in [4.69, 9.17) is 9.47 Å². The van der Waals surface area contributed by atoms with Gasteiger partial charge in [-0.3, -0.25) is 0 Å². The van der Waals surface area contributed by atoms with Gasteiger partial charge in [-0.05, 0) is 19.8 Å². The van der Waals surface area contributed by atoms with Crippen LogP contribution < -0.4 is 0 Å².